The van der Waals surface area contributed by atoms with E-state index in [2.05, 4.69) is 38.2 Å². The predicted molar refractivity (Wildman–Crippen MR) is 133 cm³/mol. The number of amidine groups is 3. The molecule has 0 radical (unpaired) electrons. The zero-order valence-electron chi connectivity index (χ0n) is 18.0. The molecule has 0 unspecified atom stereocenters. The molecule has 0 aliphatic carbocycles. The van der Waals surface area contributed by atoms with Crippen LogP contribution < -0.4 is 0 Å². The average molecular weight is 478 g/mol. The van der Waals surface area contributed by atoms with Crippen molar-refractivity contribution >= 4 is 60.7 Å². The van der Waals surface area contributed by atoms with E-state index in [0.29, 0.717) is 0 Å². The maximum atomic E-state index is 12.7. The molecule has 3 aromatic rings. The van der Waals surface area contributed by atoms with Crippen LogP contribution in [0.4, 0.5) is 0 Å². The van der Waals surface area contributed by atoms with Crippen LogP contribution in [0.15, 0.2) is 63.5 Å². The minimum atomic E-state index is -3.69. The molecule has 8 nitrogen and oxygen atoms in total. The molecule has 2 aliphatic heterocycles. The van der Waals surface area contributed by atoms with Crippen LogP contribution in [0.1, 0.15) is 17.0 Å². The highest BCUT2D eigenvalue weighted by Gasteiger charge is 2.41. The first-order chi connectivity index (χ1) is 15.6. The first-order valence-corrected chi connectivity index (χ1v) is 12.7. The van der Waals surface area contributed by atoms with Crippen molar-refractivity contribution < 1.29 is 13.2 Å². The summed E-state index contributed by atoms with van der Waals surface area (Å²) in [5.74, 6) is -0.853. The van der Waals surface area contributed by atoms with Gasteiger partial charge in [0.05, 0.1) is 17.5 Å². The van der Waals surface area contributed by atoms with Crippen LogP contribution in [0.2, 0.25) is 0 Å². The molecule has 0 saturated heterocycles. The Morgan fingerprint density at radius 2 is 1.79 bits per heavy atom. The van der Waals surface area contributed by atoms with E-state index in [4.69, 9.17) is 5.41 Å². The van der Waals surface area contributed by atoms with Gasteiger partial charge in [0.25, 0.3) is 5.91 Å². The average Bonchev–Trinajstić information content (AvgIpc) is 3.31. The smallest absolute Gasteiger partial charge is 0.283 e. The Kier molecular flexibility index (Phi) is 4.87. The van der Waals surface area contributed by atoms with Gasteiger partial charge >= 0.3 is 0 Å². The van der Waals surface area contributed by atoms with Crippen molar-refractivity contribution in [2.24, 2.45) is 9.39 Å². The number of aliphatic imine (C=N–C) groups is 1. The summed E-state index contributed by atoms with van der Waals surface area (Å²) < 4.78 is 30.2. The third-order valence-corrected chi connectivity index (χ3v) is 7.34. The van der Waals surface area contributed by atoms with E-state index >= 15 is 0 Å². The molecule has 1 N–H and O–H groups in total. The molecule has 1 aromatic heterocycles. The maximum absolute atomic E-state index is 12.7. The summed E-state index contributed by atoms with van der Waals surface area (Å²) in [5.41, 5.74) is 3.59. The first kappa shape index (κ1) is 21.4. The van der Waals surface area contributed by atoms with Gasteiger partial charge in [-0.15, -0.1) is 0 Å². The lowest BCUT2D eigenvalue weighted by molar-refractivity contribution is -0.114. The molecule has 0 atom stereocenters. The molecule has 3 heterocycles. The van der Waals surface area contributed by atoms with Crippen molar-refractivity contribution in [2.45, 2.75) is 13.8 Å². The lowest BCUT2D eigenvalue weighted by atomic mass is 10.1. The van der Waals surface area contributed by atoms with Crippen LogP contribution >= 0.6 is 11.9 Å². The Bertz CT molecular complexity index is 1580. The third-order valence-electron chi connectivity index (χ3n) is 5.59. The van der Waals surface area contributed by atoms with E-state index in [-0.39, 0.29) is 21.7 Å². The molecule has 1 amide bonds. The Morgan fingerprint density at radius 3 is 2.52 bits per heavy atom. The van der Waals surface area contributed by atoms with Crippen molar-refractivity contribution in [2.75, 3.05) is 6.26 Å². The maximum Gasteiger partial charge on any atom is 0.283 e. The number of aryl methyl sites for hydroxylation is 1. The summed E-state index contributed by atoms with van der Waals surface area (Å²) in [7, 11) is -3.69. The van der Waals surface area contributed by atoms with Crippen LogP contribution in [-0.4, -0.2) is 46.2 Å². The highest BCUT2D eigenvalue weighted by Crippen LogP contribution is 2.31. The molecule has 5 rings (SSSR count). The zero-order valence-corrected chi connectivity index (χ0v) is 19.7. The van der Waals surface area contributed by atoms with E-state index in [1.807, 2.05) is 38.1 Å². The van der Waals surface area contributed by atoms with Gasteiger partial charge in [-0.05, 0) is 54.5 Å². The van der Waals surface area contributed by atoms with E-state index in [0.717, 1.165) is 56.5 Å². The van der Waals surface area contributed by atoms with E-state index in [1.165, 1.54) is 0 Å². The molecule has 2 aliphatic rings. The fourth-order valence-corrected chi connectivity index (χ4v) is 5.88. The fraction of sp³-hybridized carbons (Fsp3) is 0.130. The van der Waals surface area contributed by atoms with E-state index in [9.17, 15) is 13.2 Å². The SMILES string of the molecule is Cc1cc(/C=C2/C(=N)N3C(=NC2=O)SN=C3S(C)(=O)=O)c(C)n1-c1ccc2ccccc2c1. The highest BCUT2D eigenvalue weighted by atomic mass is 32.2. The van der Waals surface area contributed by atoms with E-state index < -0.39 is 15.7 Å². The molecule has 0 fully saturated rings. The van der Waals surface area contributed by atoms with Gasteiger partial charge in [-0.25, -0.2) is 13.3 Å². The monoisotopic (exact) mass is 477 g/mol. The van der Waals surface area contributed by atoms with Gasteiger partial charge in [-0.3, -0.25) is 10.2 Å². The summed E-state index contributed by atoms with van der Waals surface area (Å²) in [6, 6.07) is 16.3. The number of fused-ring (bicyclic) bond motifs is 2. The number of sulfone groups is 1. The lowest BCUT2D eigenvalue weighted by Crippen LogP contribution is -2.45. The summed E-state index contributed by atoms with van der Waals surface area (Å²) in [5, 5.41) is 10.6. The second-order valence-electron chi connectivity index (χ2n) is 7.87. The summed E-state index contributed by atoms with van der Waals surface area (Å²) >= 11 is 0.777. The van der Waals surface area contributed by atoms with Gasteiger partial charge < -0.3 is 4.57 Å². The van der Waals surface area contributed by atoms with Gasteiger partial charge in [0.15, 0.2) is 0 Å². The number of carbonyl (C=O) groups excluding carboxylic acids is 1. The molecule has 0 bridgehead atoms. The van der Waals surface area contributed by atoms with Crippen molar-refractivity contribution in [3.63, 3.8) is 0 Å². The Labute approximate surface area is 194 Å². The van der Waals surface area contributed by atoms with Crippen LogP contribution in [0, 0.1) is 19.3 Å². The topological polar surface area (TPSA) is 108 Å². The summed E-state index contributed by atoms with van der Waals surface area (Å²) in [6.07, 6.45) is 2.60. The number of nitrogens with zero attached hydrogens (tertiary/aromatic N) is 4. The van der Waals surface area contributed by atoms with Crippen LogP contribution in [0.3, 0.4) is 0 Å². The van der Waals surface area contributed by atoms with Crippen molar-refractivity contribution in [3.8, 4) is 5.69 Å². The number of hydrogen-bond donors (Lipinski definition) is 1. The number of nitrogens with one attached hydrogen (secondary N) is 1. The number of aromatic nitrogens is 1. The third kappa shape index (κ3) is 3.51. The number of amides is 1. The van der Waals surface area contributed by atoms with Gasteiger partial charge in [-0.1, -0.05) is 30.3 Å². The molecule has 2 aromatic carbocycles. The Hall–Kier alpha value is -3.50. The summed E-state index contributed by atoms with van der Waals surface area (Å²) in [6.45, 7) is 3.91. The highest BCUT2D eigenvalue weighted by molar-refractivity contribution is 8.16. The molecule has 10 heteroatoms. The van der Waals surface area contributed by atoms with Gasteiger partial charge in [-0.2, -0.15) is 9.39 Å². The molecule has 166 valence electrons. The lowest BCUT2D eigenvalue weighted by Gasteiger charge is -2.23. The van der Waals surface area contributed by atoms with Gasteiger partial charge in [0.1, 0.15) is 5.84 Å². The Morgan fingerprint density at radius 1 is 1.06 bits per heavy atom. The number of hydrogen-bond acceptors (Lipinski definition) is 6. The Balaban J connectivity index is 1.58. The van der Waals surface area contributed by atoms with Gasteiger partial charge in [0, 0.05) is 23.3 Å². The quantitative estimate of drug-likeness (QED) is 0.445. The van der Waals surface area contributed by atoms with E-state index in [1.54, 1.807) is 6.08 Å². The number of carbonyl (C=O) groups is 1. The molecule has 0 saturated carbocycles. The van der Waals surface area contributed by atoms with Crippen molar-refractivity contribution in [1.82, 2.24) is 9.47 Å². The standard InChI is InChI=1S/C23H19N5O3S2/c1-13-10-17(14(2)27(13)18-9-8-15-6-4-5-7-16(15)11-18)12-19-20(24)28-22(25-21(19)29)32-26-23(28)33(3,30)31/h4-12,24H,1-3H3/b19-12-,24-20?. The number of benzene rings is 2. The molecular weight excluding hydrogens is 458 g/mol. The minimum Gasteiger partial charge on any atom is -0.318 e. The summed E-state index contributed by atoms with van der Waals surface area (Å²) in [4.78, 5) is 17.7. The molecule has 0 spiro atoms. The van der Waals surface area contributed by atoms with Crippen molar-refractivity contribution in [3.05, 3.63) is 71.1 Å². The van der Waals surface area contributed by atoms with Crippen molar-refractivity contribution in [1.29, 1.82) is 5.41 Å². The van der Waals surface area contributed by atoms with Gasteiger partial charge in [0.2, 0.25) is 20.2 Å². The number of rotatable bonds is 2. The normalized spacial score (nSPS) is 17.5. The van der Waals surface area contributed by atoms with Crippen LogP contribution in [0.5, 0.6) is 0 Å². The van der Waals surface area contributed by atoms with Crippen LogP contribution in [-0.2, 0) is 14.6 Å². The molecular formula is C23H19N5O3S2. The second kappa shape index (κ2) is 7.53. The second-order valence-corrected chi connectivity index (χ2v) is 10.5. The van der Waals surface area contributed by atoms with Crippen LogP contribution in [0.25, 0.3) is 22.5 Å². The zero-order chi connectivity index (χ0) is 23.5. The first-order valence-electron chi connectivity index (χ1n) is 10.0. The fourth-order valence-electron chi connectivity index (χ4n) is 4.04. The largest absolute Gasteiger partial charge is 0.318 e. The predicted octanol–water partition coefficient (Wildman–Crippen LogP) is 3.87. The molecule has 33 heavy (non-hydrogen) atoms. The minimum absolute atomic E-state index is 0.0105.